The monoisotopic (exact) mass is 297 g/mol. The van der Waals surface area contributed by atoms with Gasteiger partial charge in [-0.25, -0.2) is 0 Å². The molecule has 2 rings (SSSR count). The predicted octanol–water partition coefficient (Wildman–Crippen LogP) is 1.08. The molecule has 2 aliphatic heterocycles. The first kappa shape index (κ1) is 16.7. The van der Waals surface area contributed by atoms with Gasteiger partial charge in [-0.3, -0.25) is 9.69 Å². The van der Waals surface area contributed by atoms with Gasteiger partial charge in [-0.1, -0.05) is 13.8 Å². The second-order valence-corrected chi connectivity index (χ2v) is 6.83. The zero-order valence-corrected chi connectivity index (χ0v) is 14.0. The number of nitrogens with zero attached hydrogens (tertiary/aromatic N) is 2. The Morgan fingerprint density at radius 1 is 1.29 bits per heavy atom. The van der Waals surface area contributed by atoms with Gasteiger partial charge in [0.2, 0.25) is 0 Å². The lowest BCUT2D eigenvalue weighted by atomic mass is 10.1. The Hall–Kier alpha value is -0.650. The van der Waals surface area contributed by atoms with Crippen molar-refractivity contribution in [2.75, 3.05) is 33.8 Å². The molecule has 2 aliphatic rings. The first-order valence-corrected chi connectivity index (χ1v) is 8.29. The Kier molecular flexibility index (Phi) is 6.02. The molecular weight excluding hydrogens is 266 g/mol. The van der Waals surface area contributed by atoms with E-state index >= 15 is 0 Å². The highest BCUT2D eigenvalue weighted by Gasteiger charge is 2.34. The van der Waals surface area contributed by atoms with E-state index in [1.54, 1.807) is 0 Å². The van der Waals surface area contributed by atoms with Crippen molar-refractivity contribution in [3.8, 4) is 0 Å². The zero-order valence-electron chi connectivity index (χ0n) is 14.0. The van der Waals surface area contributed by atoms with Crippen molar-refractivity contribution in [1.82, 2.24) is 15.1 Å². The highest BCUT2D eigenvalue weighted by molar-refractivity contribution is 5.75. The van der Waals surface area contributed by atoms with Crippen molar-refractivity contribution in [1.29, 1.82) is 0 Å². The number of likely N-dealkylation sites (N-methyl/N-ethyl adjacent to an activating group) is 1. The predicted molar refractivity (Wildman–Crippen MR) is 84.3 cm³/mol. The molecule has 1 N–H and O–H groups in total. The minimum Gasteiger partial charge on any atom is -0.468 e. The van der Waals surface area contributed by atoms with Crippen LogP contribution in [0.15, 0.2) is 0 Å². The van der Waals surface area contributed by atoms with Gasteiger partial charge >= 0.3 is 5.97 Å². The fourth-order valence-electron chi connectivity index (χ4n) is 3.71. The van der Waals surface area contributed by atoms with Crippen molar-refractivity contribution < 1.29 is 9.53 Å². The summed E-state index contributed by atoms with van der Waals surface area (Å²) < 4.78 is 4.92. The molecule has 0 aliphatic carbocycles. The SMILES string of the molecule is COC(=O)C(CCN1CCC2CCC(C1)N2C)NC(C)C. The molecule has 122 valence electrons. The zero-order chi connectivity index (χ0) is 15.4. The standard InChI is InChI=1S/C16H31N3O2/c1-12(2)17-15(16(20)21-4)8-10-19-9-7-13-5-6-14(11-19)18(13)3/h12-15,17H,5-11H2,1-4H3. The fraction of sp³-hybridized carbons (Fsp3) is 0.938. The van der Waals surface area contributed by atoms with Gasteiger partial charge < -0.3 is 15.0 Å². The smallest absolute Gasteiger partial charge is 0.322 e. The summed E-state index contributed by atoms with van der Waals surface area (Å²) in [7, 11) is 3.74. The Bertz CT molecular complexity index is 348. The van der Waals surface area contributed by atoms with E-state index in [0.717, 1.165) is 32.1 Å². The van der Waals surface area contributed by atoms with Crippen LogP contribution in [0, 0.1) is 0 Å². The molecular formula is C16H31N3O2. The molecule has 5 nitrogen and oxygen atoms in total. The third-order valence-corrected chi connectivity index (χ3v) is 4.99. The molecule has 2 heterocycles. The van der Waals surface area contributed by atoms with E-state index in [-0.39, 0.29) is 12.0 Å². The molecule has 0 amide bonds. The third kappa shape index (κ3) is 4.41. The molecule has 2 fully saturated rings. The van der Waals surface area contributed by atoms with E-state index in [9.17, 15) is 4.79 Å². The molecule has 2 saturated heterocycles. The van der Waals surface area contributed by atoms with Gasteiger partial charge in [0.15, 0.2) is 0 Å². The maximum atomic E-state index is 11.9. The highest BCUT2D eigenvalue weighted by Crippen LogP contribution is 2.28. The van der Waals surface area contributed by atoms with Gasteiger partial charge in [0.25, 0.3) is 0 Å². The number of methoxy groups -OCH3 is 1. The number of carbonyl (C=O) groups is 1. The van der Waals surface area contributed by atoms with E-state index in [0.29, 0.717) is 12.1 Å². The lowest BCUT2D eigenvalue weighted by Crippen LogP contribution is -2.44. The molecule has 2 bridgehead atoms. The highest BCUT2D eigenvalue weighted by atomic mass is 16.5. The van der Waals surface area contributed by atoms with Crippen LogP contribution in [0.1, 0.15) is 39.5 Å². The molecule has 0 radical (unpaired) electrons. The van der Waals surface area contributed by atoms with Crippen molar-refractivity contribution in [2.24, 2.45) is 0 Å². The molecule has 3 atom stereocenters. The second-order valence-electron chi connectivity index (χ2n) is 6.83. The average Bonchev–Trinajstić information content (AvgIpc) is 2.69. The molecule has 0 aromatic heterocycles. The Balaban J connectivity index is 1.84. The van der Waals surface area contributed by atoms with E-state index < -0.39 is 0 Å². The first-order valence-electron chi connectivity index (χ1n) is 8.29. The van der Waals surface area contributed by atoms with Crippen LogP contribution in [0.4, 0.5) is 0 Å². The number of hydrogen-bond donors (Lipinski definition) is 1. The normalized spacial score (nSPS) is 28.6. The van der Waals surface area contributed by atoms with Gasteiger partial charge in [-0.05, 0) is 39.3 Å². The van der Waals surface area contributed by atoms with E-state index in [4.69, 9.17) is 4.74 Å². The lowest BCUT2D eigenvalue weighted by Gasteiger charge is -2.27. The summed E-state index contributed by atoms with van der Waals surface area (Å²) >= 11 is 0. The largest absolute Gasteiger partial charge is 0.468 e. The van der Waals surface area contributed by atoms with Crippen LogP contribution >= 0.6 is 0 Å². The van der Waals surface area contributed by atoms with Gasteiger partial charge in [0, 0.05) is 31.2 Å². The molecule has 21 heavy (non-hydrogen) atoms. The maximum Gasteiger partial charge on any atom is 0.322 e. The van der Waals surface area contributed by atoms with Crippen LogP contribution in [0.25, 0.3) is 0 Å². The number of rotatable bonds is 6. The Labute approximate surface area is 129 Å². The van der Waals surface area contributed by atoms with Crippen LogP contribution in [-0.4, -0.2) is 73.7 Å². The van der Waals surface area contributed by atoms with E-state index in [1.165, 1.54) is 26.4 Å². The van der Waals surface area contributed by atoms with E-state index in [2.05, 4.69) is 36.0 Å². The summed E-state index contributed by atoms with van der Waals surface area (Å²) in [6.07, 6.45) is 4.76. The Morgan fingerprint density at radius 2 is 2.00 bits per heavy atom. The van der Waals surface area contributed by atoms with Crippen LogP contribution < -0.4 is 5.32 Å². The number of likely N-dealkylation sites (tertiary alicyclic amines) is 1. The third-order valence-electron chi connectivity index (χ3n) is 4.99. The van der Waals surface area contributed by atoms with E-state index in [1.807, 2.05) is 0 Å². The number of nitrogens with one attached hydrogen (secondary N) is 1. The minimum absolute atomic E-state index is 0.142. The van der Waals surface area contributed by atoms with Crippen molar-refractivity contribution in [2.45, 2.75) is 63.7 Å². The topological polar surface area (TPSA) is 44.8 Å². The molecule has 5 heteroatoms. The van der Waals surface area contributed by atoms with Gasteiger partial charge in [-0.2, -0.15) is 0 Å². The van der Waals surface area contributed by atoms with Gasteiger partial charge in [0.05, 0.1) is 7.11 Å². The maximum absolute atomic E-state index is 11.9. The van der Waals surface area contributed by atoms with Crippen molar-refractivity contribution in [3.05, 3.63) is 0 Å². The number of carbonyl (C=O) groups excluding carboxylic acids is 1. The summed E-state index contributed by atoms with van der Waals surface area (Å²) in [6, 6.07) is 1.57. The second kappa shape index (κ2) is 7.56. The summed E-state index contributed by atoms with van der Waals surface area (Å²) in [6.45, 7) is 7.39. The molecule has 0 spiro atoms. The summed E-state index contributed by atoms with van der Waals surface area (Å²) in [4.78, 5) is 16.9. The van der Waals surface area contributed by atoms with Crippen LogP contribution in [0.3, 0.4) is 0 Å². The molecule has 3 unspecified atom stereocenters. The summed E-state index contributed by atoms with van der Waals surface area (Å²) in [5.74, 6) is -0.142. The van der Waals surface area contributed by atoms with Crippen molar-refractivity contribution >= 4 is 5.97 Å². The first-order chi connectivity index (χ1) is 10.0. The van der Waals surface area contributed by atoms with Gasteiger partial charge in [0.1, 0.15) is 6.04 Å². The molecule has 0 saturated carbocycles. The number of ether oxygens (including phenoxy) is 1. The number of esters is 1. The summed E-state index contributed by atoms with van der Waals surface area (Å²) in [5, 5.41) is 3.32. The summed E-state index contributed by atoms with van der Waals surface area (Å²) in [5.41, 5.74) is 0. The lowest BCUT2D eigenvalue weighted by molar-refractivity contribution is -0.143. The van der Waals surface area contributed by atoms with Crippen LogP contribution in [-0.2, 0) is 9.53 Å². The van der Waals surface area contributed by atoms with Gasteiger partial charge in [-0.15, -0.1) is 0 Å². The fourth-order valence-corrected chi connectivity index (χ4v) is 3.71. The Morgan fingerprint density at radius 3 is 2.67 bits per heavy atom. The minimum atomic E-state index is -0.187. The van der Waals surface area contributed by atoms with Crippen LogP contribution in [0.5, 0.6) is 0 Å². The molecule has 0 aromatic carbocycles. The number of fused-ring (bicyclic) bond motifs is 2. The van der Waals surface area contributed by atoms with Crippen LogP contribution in [0.2, 0.25) is 0 Å². The van der Waals surface area contributed by atoms with Crippen molar-refractivity contribution in [3.63, 3.8) is 0 Å². The quantitative estimate of drug-likeness (QED) is 0.744. The molecule has 0 aromatic rings. The average molecular weight is 297 g/mol. The number of hydrogen-bond acceptors (Lipinski definition) is 5.